The summed E-state index contributed by atoms with van der Waals surface area (Å²) in [7, 11) is 0. The molecule has 1 saturated carbocycles. The maximum atomic E-state index is 12.3. The fourth-order valence-corrected chi connectivity index (χ4v) is 5.30. The maximum absolute atomic E-state index is 12.3. The maximum Gasteiger partial charge on any atom is 0.239 e. The third kappa shape index (κ3) is 3.10. The number of carbonyl (C=O) groups is 2. The van der Waals surface area contributed by atoms with Gasteiger partial charge in [-0.2, -0.15) is 0 Å². The molecule has 0 spiro atoms. The highest BCUT2D eigenvalue weighted by molar-refractivity contribution is 8.00. The van der Waals surface area contributed by atoms with Crippen LogP contribution in [0.2, 0.25) is 4.34 Å². The van der Waals surface area contributed by atoms with Gasteiger partial charge in [0.15, 0.2) is 0 Å². The summed E-state index contributed by atoms with van der Waals surface area (Å²) in [6.45, 7) is 1.20. The summed E-state index contributed by atoms with van der Waals surface area (Å²) in [4.78, 5) is 34.0. The van der Waals surface area contributed by atoms with E-state index in [1.807, 2.05) is 0 Å². The summed E-state index contributed by atoms with van der Waals surface area (Å²) in [5, 5.41) is 3.50. The molecule has 9 heteroatoms. The number of thioether (sulfide) groups is 1. The minimum Gasteiger partial charge on any atom is -0.353 e. The van der Waals surface area contributed by atoms with Gasteiger partial charge in [0.05, 0.1) is 26.9 Å². The van der Waals surface area contributed by atoms with Crippen molar-refractivity contribution in [2.45, 2.75) is 23.8 Å². The van der Waals surface area contributed by atoms with Crippen LogP contribution in [0.1, 0.15) is 24.3 Å². The van der Waals surface area contributed by atoms with Crippen LogP contribution in [0.25, 0.3) is 10.2 Å². The van der Waals surface area contributed by atoms with Crippen LogP contribution in [0.15, 0.2) is 11.4 Å². The van der Waals surface area contributed by atoms with Gasteiger partial charge in [0.2, 0.25) is 11.8 Å². The molecular formula is C15H15ClN4O2S2. The van der Waals surface area contributed by atoms with Gasteiger partial charge in [-0.1, -0.05) is 23.4 Å². The standard InChI is InChI=1S/C15H15ClN4O2S2/c16-14-11(8-1-2-8)12-13(24-14)15(19-7-18-12)23-6-10(22)20-4-3-17-9(21)5-20/h7-8H,1-6H2,(H,17,21). The lowest BCUT2D eigenvalue weighted by Gasteiger charge is -2.26. The van der Waals surface area contributed by atoms with Crippen molar-refractivity contribution in [2.75, 3.05) is 25.4 Å². The molecule has 2 aromatic heterocycles. The molecule has 0 aromatic carbocycles. The summed E-state index contributed by atoms with van der Waals surface area (Å²) in [5.74, 6) is 0.621. The third-order valence-corrected chi connectivity index (χ3v) is 6.67. The molecule has 0 unspecified atom stereocenters. The number of thiophene rings is 1. The number of amides is 2. The smallest absolute Gasteiger partial charge is 0.239 e. The third-order valence-electron chi connectivity index (χ3n) is 4.14. The van der Waals surface area contributed by atoms with Crippen LogP contribution in [0.4, 0.5) is 0 Å². The Morgan fingerprint density at radius 3 is 3.04 bits per heavy atom. The Morgan fingerprint density at radius 2 is 2.29 bits per heavy atom. The molecule has 2 aromatic rings. The van der Waals surface area contributed by atoms with Gasteiger partial charge in [0.25, 0.3) is 0 Å². The van der Waals surface area contributed by atoms with Crippen LogP contribution in [0.3, 0.4) is 0 Å². The number of halogens is 1. The van der Waals surface area contributed by atoms with Crippen LogP contribution < -0.4 is 5.32 Å². The van der Waals surface area contributed by atoms with Gasteiger partial charge in [-0.15, -0.1) is 11.3 Å². The number of fused-ring (bicyclic) bond motifs is 1. The van der Waals surface area contributed by atoms with E-state index < -0.39 is 0 Å². The molecule has 0 radical (unpaired) electrons. The minimum absolute atomic E-state index is 0.0494. The highest BCUT2D eigenvalue weighted by Gasteiger charge is 2.31. The molecule has 6 nitrogen and oxygen atoms in total. The first-order chi connectivity index (χ1) is 11.6. The molecular weight excluding hydrogens is 368 g/mol. The van der Waals surface area contributed by atoms with Crippen molar-refractivity contribution in [2.24, 2.45) is 0 Å². The van der Waals surface area contributed by atoms with E-state index in [0.29, 0.717) is 19.0 Å². The molecule has 0 bridgehead atoms. The van der Waals surface area contributed by atoms with E-state index >= 15 is 0 Å². The Labute approximate surface area is 152 Å². The van der Waals surface area contributed by atoms with Crippen molar-refractivity contribution >= 4 is 56.7 Å². The molecule has 2 aliphatic rings. The monoisotopic (exact) mass is 382 g/mol. The van der Waals surface area contributed by atoms with Crippen molar-refractivity contribution in [3.05, 3.63) is 16.2 Å². The van der Waals surface area contributed by atoms with Gasteiger partial charge in [-0.25, -0.2) is 9.97 Å². The van der Waals surface area contributed by atoms with Gasteiger partial charge in [0, 0.05) is 18.7 Å². The summed E-state index contributed by atoms with van der Waals surface area (Å²) < 4.78 is 1.74. The Kier molecular flexibility index (Phi) is 4.36. The number of nitrogens with zero attached hydrogens (tertiary/aromatic N) is 3. The van der Waals surface area contributed by atoms with E-state index in [9.17, 15) is 9.59 Å². The number of aromatic nitrogens is 2. The van der Waals surface area contributed by atoms with Crippen molar-refractivity contribution in [1.82, 2.24) is 20.2 Å². The zero-order valence-corrected chi connectivity index (χ0v) is 15.1. The molecule has 2 fully saturated rings. The largest absolute Gasteiger partial charge is 0.353 e. The van der Waals surface area contributed by atoms with Crippen LogP contribution in [-0.4, -0.2) is 52.1 Å². The van der Waals surface area contributed by atoms with Gasteiger partial charge in [-0.3, -0.25) is 9.59 Å². The fraction of sp³-hybridized carbons (Fsp3) is 0.467. The fourth-order valence-electron chi connectivity index (χ4n) is 2.78. The lowest BCUT2D eigenvalue weighted by Crippen LogP contribution is -2.50. The second-order valence-electron chi connectivity index (χ2n) is 5.87. The molecule has 1 saturated heterocycles. The SMILES string of the molecule is O=C1CN(C(=O)CSc2ncnc3c(C4CC4)c(Cl)sc23)CCN1. The van der Waals surface area contributed by atoms with E-state index in [2.05, 4.69) is 15.3 Å². The number of piperazine rings is 1. The summed E-state index contributed by atoms with van der Waals surface area (Å²) >= 11 is 9.27. The molecule has 2 amide bonds. The average Bonchev–Trinajstić information content (AvgIpc) is 3.34. The number of carbonyl (C=O) groups excluding carboxylic acids is 2. The normalized spacial score (nSPS) is 18.0. The first-order valence-corrected chi connectivity index (χ1v) is 9.91. The Morgan fingerprint density at radius 1 is 1.46 bits per heavy atom. The predicted molar refractivity (Wildman–Crippen MR) is 94.7 cm³/mol. The predicted octanol–water partition coefficient (Wildman–Crippen LogP) is 2.27. The Bertz CT molecular complexity index is 821. The van der Waals surface area contributed by atoms with E-state index in [4.69, 9.17) is 11.6 Å². The van der Waals surface area contributed by atoms with Gasteiger partial charge in [-0.05, 0) is 18.8 Å². The van der Waals surface area contributed by atoms with Crippen molar-refractivity contribution in [3.8, 4) is 0 Å². The zero-order chi connectivity index (χ0) is 16.7. The van der Waals surface area contributed by atoms with E-state index in [1.54, 1.807) is 11.2 Å². The second-order valence-corrected chi connectivity index (χ2v) is 8.46. The number of nitrogens with one attached hydrogen (secondary N) is 1. The molecule has 1 N–H and O–H groups in total. The first kappa shape index (κ1) is 16.1. The van der Waals surface area contributed by atoms with Gasteiger partial charge < -0.3 is 10.2 Å². The molecule has 126 valence electrons. The molecule has 0 atom stereocenters. The van der Waals surface area contributed by atoms with Crippen LogP contribution >= 0.6 is 34.7 Å². The topological polar surface area (TPSA) is 75.2 Å². The zero-order valence-electron chi connectivity index (χ0n) is 12.7. The van der Waals surface area contributed by atoms with Crippen molar-refractivity contribution in [1.29, 1.82) is 0 Å². The first-order valence-electron chi connectivity index (χ1n) is 7.73. The van der Waals surface area contributed by atoms with E-state index in [1.165, 1.54) is 23.1 Å². The van der Waals surface area contributed by atoms with Crippen LogP contribution in [0.5, 0.6) is 0 Å². The second kappa shape index (κ2) is 6.50. The highest BCUT2D eigenvalue weighted by Crippen LogP contribution is 2.50. The lowest BCUT2D eigenvalue weighted by molar-refractivity contribution is -0.136. The summed E-state index contributed by atoms with van der Waals surface area (Å²) in [6, 6.07) is 0. The number of hydrogen-bond donors (Lipinski definition) is 1. The Balaban J connectivity index is 1.51. The summed E-state index contributed by atoms with van der Waals surface area (Å²) in [5.41, 5.74) is 2.06. The lowest BCUT2D eigenvalue weighted by atomic mass is 10.2. The molecule has 1 aliphatic carbocycles. The summed E-state index contributed by atoms with van der Waals surface area (Å²) in [6.07, 6.45) is 3.86. The van der Waals surface area contributed by atoms with Crippen molar-refractivity contribution < 1.29 is 9.59 Å². The van der Waals surface area contributed by atoms with Gasteiger partial charge >= 0.3 is 0 Å². The average molecular weight is 383 g/mol. The van der Waals surface area contributed by atoms with Crippen LogP contribution in [0, 0.1) is 0 Å². The quantitative estimate of drug-likeness (QED) is 0.648. The molecule has 4 rings (SSSR count). The number of hydrogen-bond acceptors (Lipinski definition) is 6. The molecule has 3 heterocycles. The van der Waals surface area contributed by atoms with Crippen molar-refractivity contribution in [3.63, 3.8) is 0 Å². The number of rotatable bonds is 4. The van der Waals surface area contributed by atoms with Gasteiger partial charge in [0.1, 0.15) is 11.4 Å². The minimum atomic E-state index is -0.108. The molecule has 24 heavy (non-hydrogen) atoms. The van der Waals surface area contributed by atoms with E-state index in [0.717, 1.165) is 38.0 Å². The molecule has 1 aliphatic heterocycles. The van der Waals surface area contributed by atoms with Crippen LogP contribution in [-0.2, 0) is 9.59 Å². The van der Waals surface area contributed by atoms with E-state index in [-0.39, 0.29) is 24.1 Å². The highest BCUT2D eigenvalue weighted by atomic mass is 35.5. The Hall–Kier alpha value is -1.38.